The number of benzene rings is 8. The maximum Gasteiger partial charge on any atom is 0.417 e. The minimum Gasteiger partial charge on any atom is -0.308 e. The van der Waals surface area contributed by atoms with E-state index in [1.165, 1.54) is 6.07 Å². The fourth-order valence-corrected chi connectivity index (χ4v) is 8.61. The van der Waals surface area contributed by atoms with Crippen molar-refractivity contribution < 1.29 is 13.2 Å². The number of fused-ring (bicyclic) bond motifs is 3. The van der Waals surface area contributed by atoms with E-state index >= 15 is 0 Å². The largest absolute Gasteiger partial charge is 0.417 e. The summed E-state index contributed by atoms with van der Waals surface area (Å²) in [5.41, 5.74) is 9.00. The molecule has 0 radical (unpaired) electrons. The molecule has 0 amide bonds. The van der Waals surface area contributed by atoms with Crippen molar-refractivity contribution in [3.63, 3.8) is 0 Å². The van der Waals surface area contributed by atoms with Gasteiger partial charge in [-0.05, 0) is 54.4 Å². The molecule has 66 heavy (non-hydrogen) atoms. The third-order valence-corrected chi connectivity index (χ3v) is 11.8. The van der Waals surface area contributed by atoms with Crippen molar-refractivity contribution in [2.45, 2.75) is 13.1 Å². The smallest absolute Gasteiger partial charge is 0.308 e. The second-order valence-electron chi connectivity index (χ2n) is 16.1. The maximum absolute atomic E-state index is 14.7. The van der Waals surface area contributed by atoms with Gasteiger partial charge in [0.15, 0.2) is 23.3 Å². The zero-order chi connectivity index (χ0) is 44.8. The van der Waals surface area contributed by atoms with Crippen LogP contribution in [0.15, 0.2) is 206 Å². The maximum atomic E-state index is 14.7. The van der Waals surface area contributed by atoms with E-state index in [2.05, 4.69) is 4.57 Å². The van der Waals surface area contributed by atoms with Crippen LogP contribution in [-0.2, 0) is 6.18 Å². The van der Waals surface area contributed by atoms with E-state index in [1.807, 2.05) is 182 Å². The summed E-state index contributed by atoms with van der Waals surface area (Å²) in [6.07, 6.45) is -4.56. The molecule has 0 fully saturated rings. The van der Waals surface area contributed by atoms with Crippen molar-refractivity contribution in [1.82, 2.24) is 29.5 Å². The molecule has 6 nitrogen and oxygen atoms in total. The Balaban J connectivity index is 1.21. The summed E-state index contributed by atoms with van der Waals surface area (Å²) >= 11 is 0. The Morgan fingerprint density at radius 1 is 0.364 bits per heavy atom. The molecule has 0 spiro atoms. The second kappa shape index (κ2) is 16.5. The first kappa shape index (κ1) is 40.2. The number of aromatic nitrogens is 6. The van der Waals surface area contributed by atoms with Crippen molar-refractivity contribution in [2.75, 3.05) is 0 Å². The Morgan fingerprint density at radius 2 is 0.864 bits per heavy atom. The van der Waals surface area contributed by atoms with Crippen LogP contribution < -0.4 is 0 Å². The lowest BCUT2D eigenvalue weighted by atomic mass is 9.96. The lowest BCUT2D eigenvalue weighted by Crippen LogP contribution is -2.07. The van der Waals surface area contributed by atoms with Crippen molar-refractivity contribution >= 4 is 21.8 Å². The van der Waals surface area contributed by atoms with E-state index < -0.39 is 11.7 Å². The highest BCUT2D eigenvalue weighted by Gasteiger charge is 2.34. The second-order valence-corrected chi connectivity index (χ2v) is 16.1. The number of hydrogen-bond donors (Lipinski definition) is 0. The van der Waals surface area contributed by atoms with E-state index in [9.17, 15) is 13.2 Å². The van der Waals surface area contributed by atoms with E-state index in [4.69, 9.17) is 24.9 Å². The van der Waals surface area contributed by atoms with Gasteiger partial charge in [-0.25, -0.2) is 24.9 Å². The summed E-state index contributed by atoms with van der Waals surface area (Å²) in [7, 11) is 0. The lowest BCUT2D eigenvalue weighted by molar-refractivity contribution is -0.137. The number of hydrogen-bond acceptors (Lipinski definition) is 5. The highest BCUT2D eigenvalue weighted by molar-refractivity contribution is 6.11. The minimum atomic E-state index is -4.56. The normalized spacial score (nSPS) is 11.6. The number of alkyl halides is 3. The Morgan fingerprint density at radius 3 is 1.47 bits per heavy atom. The fourth-order valence-electron chi connectivity index (χ4n) is 8.61. The molecule has 11 rings (SSSR count). The third-order valence-electron chi connectivity index (χ3n) is 11.8. The number of aryl methyl sites for hydroxylation is 1. The van der Waals surface area contributed by atoms with Crippen LogP contribution in [0, 0.1) is 6.92 Å². The number of rotatable bonds is 8. The van der Waals surface area contributed by atoms with Gasteiger partial charge in [0.05, 0.1) is 33.7 Å². The molecule has 0 atom stereocenters. The molecular formula is C57H37F3N6. The highest BCUT2D eigenvalue weighted by atomic mass is 19.4. The van der Waals surface area contributed by atoms with Gasteiger partial charge in [-0.1, -0.05) is 175 Å². The van der Waals surface area contributed by atoms with E-state index in [0.717, 1.165) is 55.3 Å². The van der Waals surface area contributed by atoms with Gasteiger partial charge in [-0.3, -0.25) is 0 Å². The first-order chi connectivity index (χ1) is 32.2. The molecule has 11 aromatic rings. The van der Waals surface area contributed by atoms with Gasteiger partial charge >= 0.3 is 6.18 Å². The van der Waals surface area contributed by atoms with Crippen molar-refractivity contribution in [2.24, 2.45) is 0 Å². The summed E-state index contributed by atoms with van der Waals surface area (Å²) in [5, 5.41) is 1.82. The Hall–Kier alpha value is -8.56. The molecule has 0 aliphatic carbocycles. The van der Waals surface area contributed by atoms with Crippen LogP contribution in [0.4, 0.5) is 13.2 Å². The topological polar surface area (TPSA) is 69.4 Å². The predicted molar refractivity (Wildman–Crippen MR) is 258 cm³/mol. The van der Waals surface area contributed by atoms with Crippen LogP contribution in [0.5, 0.6) is 0 Å². The van der Waals surface area contributed by atoms with Crippen LogP contribution in [0.25, 0.3) is 107 Å². The van der Waals surface area contributed by atoms with Gasteiger partial charge in [0.1, 0.15) is 0 Å². The highest BCUT2D eigenvalue weighted by Crippen LogP contribution is 2.42. The van der Waals surface area contributed by atoms with Gasteiger partial charge in [-0.2, -0.15) is 13.2 Å². The SMILES string of the molecule is Cc1ccc(-c2ccc3c4ccccc4n(-c4ccc(-c5cc(-c6ccccc6)nc(-c6ccccc6)n5)cc4-c4nc(-c5ccccc5)nc(-c5ccccc5)n4)c3c2)c(C(F)(F)F)c1. The molecule has 0 aliphatic rings. The van der Waals surface area contributed by atoms with Gasteiger partial charge < -0.3 is 4.57 Å². The van der Waals surface area contributed by atoms with Crippen LogP contribution >= 0.6 is 0 Å². The molecule has 0 saturated carbocycles. The van der Waals surface area contributed by atoms with Gasteiger partial charge in [-0.15, -0.1) is 0 Å². The van der Waals surface area contributed by atoms with Crippen molar-refractivity contribution in [1.29, 1.82) is 0 Å². The van der Waals surface area contributed by atoms with Crippen molar-refractivity contribution in [3.8, 4) is 84.9 Å². The zero-order valence-electron chi connectivity index (χ0n) is 35.4. The number of para-hydroxylation sites is 1. The predicted octanol–water partition coefficient (Wildman–Crippen LogP) is 14.8. The number of halogens is 3. The van der Waals surface area contributed by atoms with Gasteiger partial charge in [0, 0.05) is 44.2 Å². The van der Waals surface area contributed by atoms with Gasteiger partial charge in [0.25, 0.3) is 0 Å². The Labute approximate surface area is 378 Å². The summed E-state index contributed by atoms with van der Waals surface area (Å²) in [5.74, 6) is 1.94. The average molecular weight is 863 g/mol. The van der Waals surface area contributed by atoms with Crippen LogP contribution in [0.1, 0.15) is 11.1 Å². The zero-order valence-corrected chi connectivity index (χ0v) is 35.4. The number of nitrogens with zero attached hydrogens (tertiary/aromatic N) is 6. The van der Waals surface area contributed by atoms with Crippen LogP contribution in [-0.4, -0.2) is 29.5 Å². The minimum absolute atomic E-state index is 0.104. The molecule has 0 unspecified atom stereocenters. The lowest BCUT2D eigenvalue weighted by Gasteiger charge is -2.17. The molecule has 9 heteroatoms. The summed E-state index contributed by atoms with van der Waals surface area (Å²) in [6.45, 7) is 1.67. The third kappa shape index (κ3) is 7.56. The molecule has 8 aromatic carbocycles. The van der Waals surface area contributed by atoms with Crippen molar-refractivity contribution in [3.05, 3.63) is 217 Å². The quantitative estimate of drug-likeness (QED) is 0.152. The van der Waals surface area contributed by atoms with E-state index in [1.54, 1.807) is 25.1 Å². The summed E-state index contributed by atoms with van der Waals surface area (Å²) < 4.78 is 46.1. The average Bonchev–Trinajstić information content (AvgIpc) is 3.70. The first-order valence-corrected chi connectivity index (χ1v) is 21.5. The molecule has 0 saturated heterocycles. The summed E-state index contributed by atoms with van der Waals surface area (Å²) in [4.78, 5) is 25.6. The molecule has 0 bridgehead atoms. The molecule has 0 aliphatic heterocycles. The Bertz CT molecular complexity index is 3460. The molecular weight excluding hydrogens is 826 g/mol. The molecule has 0 N–H and O–H groups in total. The standard InChI is InChI=1S/C57H37F3N6/c1-36-26-29-43(47(32-36)57(58,59)60)41-27-30-45-44-24-14-15-25-50(44)66(52(45)34-41)51-31-28-42(49-35-48(37-16-6-2-7-17-37)61-53(62-49)38-18-8-3-9-19-38)33-46(51)56-64-54(39-20-10-4-11-21-39)63-55(65-56)40-22-12-5-13-23-40/h2-35H,1H3. The van der Waals surface area contributed by atoms with E-state index in [0.29, 0.717) is 51.4 Å². The monoisotopic (exact) mass is 862 g/mol. The van der Waals surface area contributed by atoms with Crippen LogP contribution in [0.2, 0.25) is 0 Å². The van der Waals surface area contributed by atoms with Gasteiger partial charge in [0.2, 0.25) is 0 Å². The molecule has 3 heterocycles. The van der Waals surface area contributed by atoms with Crippen LogP contribution in [0.3, 0.4) is 0 Å². The Kier molecular flexibility index (Phi) is 10.1. The molecule has 3 aromatic heterocycles. The first-order valence-electron chi connectivity index (χ1n) is 21.5. The fraction of sp³-hybridized carbons (Fsp3) is 0.0351. The summed E-state index contributed by atoms with van der Waals surface area (Å²) in [6, 6.07) is 65.6. The van der Waals surface area contributed by atoms with E-state index in [-0.39, 0.29) is 5.56 Å². The molecule has 316 valence electrons.